The quantitative estimate of drug-likeness (QED) is 0.324. The van der Waals surface area contributed by atoms with Crippen LogP contribution in [0.25, 0.3) is 33.5 Å². The molecule has 3 aromatic carbocycles. The number of carbonyl (C=O) groups is 1. The fourth-order valence-electron chi connectivity index (χ4n) is 3.98. The van der Waals surface area contributed by atoms with Crippen molar-refractivity contribution in [1.82, 2.24) is 19.7 Å². The fourth-order valence-corrected chi connectivity index (χ4v) is 4.71. The number of benzene rings is 3. The highest BCUT2D eigenvalue weighted by Crippen LogP contribution is 2.31. The van der Waals surface area contributed by atoms with Crippen molar-refractivity contribution in [3.63, 3.8) is 0 Å². The molecule has 0 saturated carbocycles. The summed E-state index contributed by atoms with van der Waals surface area (Å²) in [5.41, 5.74) is 5.15. The summed E-state index contributed by atoms with van der Waals surface area (Å²) in [6.45, 7) is 2.53. The Morgan fingerprint density at radius 2 is 1.79 bits per heavy atom. The van der Waals surface area contributed by atoms with E-state index in [1.165, 1.54) is 0 Å². The van der Waals surface area contributed by atoms with Crippen LogP contribution in [-0.2, 0) is 6.54 Å². The minimum absolute atomic E-state index is 0.236. The van der Waals surface area contributed by atoms with Crippen LogP contribution in [-0.4, -0.2) is 36.5 Å². The largest absolute Gasteiger partial charge is 0.478 e. The van der Waals surface area contributed by atoms with Crippen molar-refractivity contribution in [1.29, 1.82) is 0 Å². The van der Waals surface area contributed by atoms with Crippen LogP contribution in [0.5, 0.6) is 0 Å². The minimum Gasteiger partial charge on any atom is -0.478 e. The Morgan fingerprint density at radius 3 is 2.47 bits per heavy atom. The third-order valence-corrected chi connectivity index (χ3v) is 6.32. The van der Waals surface area contributed by atoms with Crippen LogP contribution in [0, 0.1) is 0 Å². The zero-order valence-corrected chi connectivity index (χ0v) is 19.0. The number of H-pyrrole nitrogens is 1. The Kier molecular flexibility index (Phi) is 5.77. The third kappa shape index (κ3) is 4.01. The number of fused-ring (bicyclic) bond motifs is 1. The highest BCUT2D eigenvalue weighted by atomic mass is 32.2. The molecule has 0 atom stereocenters. The smallest absolute Gasteiger partial charge is 0.460 e. The highest BCUT2D eigenvalue weighted by molar-refractivity contribution is 7.99. The standard InChI is InChI=1S/C25H20N4O4S/c1-2-34-24-26-20-9-5-8-19(23(30)31)21(20)29(24)14-15-10-12-16(13-11-15)17-6-3-4-7-18(17)22-27-25(32)33-28-22/h3-13H,2,14H2,1H3,(H,30,31)(H,27,28,32). The lowest BCUT2D eigenvalue weighted by Crippen LogP contribution is -2.06. The number of carboxylic acids is 1. The van der Waals surface area contributed by atoms with Crippen LogP contribution in [0.15, 0.2) is 81.2 Å². The molecule has 2 heterocycles. The average molecular weight is 473 g/mol. The van der Waals surface area contributed by atoms with Crippen LogP contribution in [0.2, 0.25) is 0 Å². The summed E-state index contributed by atoms with van der Waals surface area (Å²) in [5, 5.41) is 13.1. The molecule has 9 heteroatoms. The number of aromatic amines is 1. The maximum atomic E-state index is 11.9. The summed E-state index contributed by atoms with van der Waals surface area (Å²) < 4.78 is 6.70. The summed E-state index contributed by atoms with van der Waals surface area (Å²) in [7, 11) is 0. The third-order valence-electron chi connectivity index (χ3n) is 5.46. The monoisotopic (exact) mass is 472 g/mol. The van der Waals surface area contributed by atoms with E-state index in [0.717, 1.165) is 33.2 Å². The molecule has 2 N–H and O–H groups in total. The Hall–Kier alpha value is -4.11. The van der Waals surface area contributed by atoms with Crippen molar-refractivity contribution in [2.75, 3.05) is 5.75 Å². The lowest BCUT2D eigenvalue weighted by atomic mass is 9.98. The van der Waals surface area contributed by atoms with Gasteiger partial charge in [0.1, 0.15) is 0 Å². The molecule has 0 saturated heterocycles. The van der Waals surface area contributed by atoms with E-state index in [4.69, 9.17) is 4.52 Å². The second-order valence-corrected chi connectivity index (χ2v) is 8.80. The van der Waals surface area contributed by atoms with Crippen molar-refractivity contribution in [2.45, 2.75) is 18.6 Å². The molecule has 0 aliphatic heterocycles. The van der Waals surface area contributed by atoms with Gasteiger partial charge in [0.15, 0.2) is 11.0 Å². The molecule has 5 rings (SSSR count). The maximum absolute atomic E-state index is 11.9. The van der Waals surface area contributed by atoms with Gasteiger partial charge < -0.3 is 14.2 Å². The molecule has 0 aliphatic carbocycles. The predicted molar refractivity (Wildman–Crippen MR) is 130 cm³/mol. The highest BCUT2D eigenvalue weighted by Gasteiger charge is 2.18. The molecular formula is C25H20N4O4S. The minimum atomic E-state index is -0.974. The van der Waals surface area contributed by atoms with E-state index in [1.807, 2.05) is 66.1 Å². The van der Waals surface area contributed by atoms with Gasteiger partial charge >= 0.3 is 11.7 Å². The molecule has 34 heavy (non-hydrogen) atoms. The van der Waals surface area contributed by atoms with E-state index in [9.17, 15) is 14.7 Å². The molecule has 2 aromatic heterocycles. The zero-order chi connectivity index (χ0) is 23.7. The van der Waals surface area contributed by atoms with Crippen LogP contribution >= 0.6 is 11.8 Å². The van der Waals surface area contributed by atoms with Gasteiger partial charge in [-0.25, -0.2) is 14.6 Å². The predicted octanol–water partition coefficient (Wildman–Crippen LogP) is 4.91. The zero-order valence-electron chi connectivity index (χ0n) is 18.2. The molecule has 0 radical (unpaired) electrons. The number of imidazole rings is 1. The Balaban J connectivity index is 1.53. The van der Waals surface area contributed by atoms with E-state index >= 15 is 0 Å². The lowest BCUT2D eigenvalue weighted by Gasteiger charge is -2.12. The van der Waals surface area contributed by atoms with Gasteiger partial charge in [0.2, 0.25) is 0 Å². The molecule has 0 unspecified atom stereocenters. The first-order valence-corrected chi connectivity index (χ1v) is 11.6. The molecule has 0 amide bonds. The van der Waals surface area contributed by atoms with Gasteiger partial charge in [0.05, 0.1) is 23.1 Å². The van der Waals surface area contributed by atoms with E-state index in [0.29, 0.717) is 23.4 Å². The molecule has 5 aromatic rings. The number of para-hydroxylation sites is 1. The number of nitrogens with zero attached hydrogens (tertiary/aromatic N) is 3. The van der Waals surface area contributed by atoms with Crippen molar-refractivity contribution in [3.05, 3.63) is 88.4 Å². The van der Waals surface area contributed by atoms with Crippen LogP contribution in [0.1, 0.15) is 22.8 Å². The number of hydrogen-bond acceptors (Lipinski definition) is 6. The van der Waals surface area contributed by atoms with E-state index < -0.39 is 11.7 Å². The van der Waals surface area contributed by atoms with Gasteiger partial charge in [-0.1, -0.05) is 73.3 Å². The Bertz CT molecular complexity index is 1550. The van der Waals surface area contributed by atoms with Crippen molar-refractivity contribution in [3.8, 4) is 22.5 Å². The first-order chi connectivity index (χ1) is 16.5. The Labute approximate surface area is 198 Å². The number of aromatic carboxylic acids is 1. The van der Waals surface area contributed by atoms with E-state index in [2.05, 4.69) is 15.1 Å². The number of nitrogens with one attached hydrogen (secondary N) is 1. The van der Waals surface area contributed by atoms with Crippen molar-refractivity contribution < 1.29 is 14.4 Å². The van der Waals surface area contributed by atoms with Gasteiger partial charge in [-0.05, 0) is 34.6 Å². The van der Waals surface area contributed by atoms with Crippen molar-refractivity contribution >= 4 is 28.8 Å². The second kappa shape index (κ2) is 9.03. The first kappa shape index (κ1) is 21.7. The summed E-state index contributed by atoms with van der Waals surface area (Å²) in [5.74, 6) is -0.449. The van der Waals surface area contributed by atoms with Crippen molar-refractivity contribution in [2.24, 2.45) is 0 Å². The normalized spacial score (nSPS) is 11.2. The first-order valence-electron chi connectivity index (χ1n) is 10.6. The topological polar surface area (TPSA) is 114 Å². The Morgan fingerprint density at radius 1 is 1.03 bits per heavy atom. The average Bonchev–Trinajstić information content (AvgIpc) is 3.43. The number of hydrogen-bond donors (Lipinski definition) is 2. The van der Waals surface area contributed by atoms with E-state index in [1.54, 1.807) is 23.9 Å². The maximum Gasteiger partial charge on any atom is 0.460 e. The number of carboxylic acid groups (broad SMARTS) is 1. The summed E-state index contributed by atoms with van der Waals surface area (Å²) >= 11 is 1.58. The van der Waals surface area contributed by atoms with Crippen LogP contribution in [0.4, 0.5) is 0 Å². The molecular weight excluding hydrogens is 452 g/mol. The number of thioether (sulfide) groups is 1. The van der Waals surface area contributed by atoms with Gasteiger partial charge in [0.25, 0.3) is 0 Å². The summed E-state index contributed by atoms with van der Waals surface area (Å²) in [6.07, 6.45) is 0. The SMILES string of the molecule is CCSc1nc2cccc(C(=O)O)c2n1Cc1ccc(-c2ccccc2-c2nc(=O)o[nH]2)cc1. The number of rotatable bonds is 7. The second-order valence-electron chi connectivity index (χ2n) is 7.56. The van der Waals surface area contributed by atoms with Gasteiger partial charge in [0, 0.05) is 5.56 Å². The molecule has 0 spiro atoms. The van der Waals surface area contributed by atoms with E-state index in [-0.39, 0.29) is 5.56 Å². The van der Waals surface area contributed by atoms with Crippen LogP contribution in [0.3, 0.4) is 0 Å². The molecule has 0 bridgehead atoms. The molecule has 0 fully saturated rings. The number of aromatic nitrogens is 4. The molecule has 0 aliphatic rings. The summed E-state index contributed by atoms with van der Waals surface area (Å²) in [6, 6.07) is 20.8. The van der Waals surface area contributed by atoms with Gasteiger partial charge in [-0.3, -0.25) is 0 Å². The van der Waals surface area contributed by atoms with Crippen LogP contribution < -0.4 is 5.76 Å². The van der Waals surface area contributed by atoms with Gasteiger partial charge in [-0.2, -0.15) is 10.1 Å². The fraction of sp³-hybridized carbons (Fsp3) is 0.120. The van der Waals surface area contributed by atoms with Gasteiger partial charge in [-0.15, -0.1) is 0 Å². The molecule has 8 nitrogen and oxygen atoms in total. The summed E-state index contributed by atoms with van der Waals surface area (Å²) in [4.78, 5) is 31.8. The molecule has 170 valence electrons. The lowest BCUT2D eigenvalue weighted by molar-refractivity contribution is 0.0698.